The molecule has 0 aromatic heterocycles. The van der Waals surface area contributed by atoms with Gasteiger partial charge in [0.2, 0.25) is 11.8 Å². The van der Waals surface area contributed by atoms with Crippen LogP contribution in [0.2, 0.25) is 0 Å². The molecule has 2 saturated carbocycles. The van der Waals surface area contributed by atoms with Crippen LogP contribution in [0.4, 0.5) is 18.9 Å². The van der Waals surface area contributed by atoms with Crippen molar-refractivity contribution in [1.82, 2.24) is 0 Å². The maximum absolute atomic E-state index is 12.9. The van der Waals surface area contributed by atoms with E-state index in [-0.39, 0.29) is 34.8 Å². The monoisotopic (exact) mass is 333 g/mol. The first-order valence-corrected chi connectivity index (χ1v) is 8.08. The topological polar surface area (TPSA) is 37.4 Å². The number of fused-ring (bicyclic) bond motifs is 3. The fourth-order valence-corrected chi connectivity index (χ4v) is 5.15. The van der Waals surface area contributed by atoms with E-state index in [2.05, 4.69) is 0 Å². The number of benzene rings is 1. The number of alkyl halides is 3. The normalized spacial score (nSPS) is 35.2. The molecule has 0 N–H and O–H groups in total. The quantitative estimate of drug-likeness (QED) is 0.583. The SMILES string of the molecule is O=C1[C@@H]2C3C=CC([C@@H]2C(=O)N1c1cccc(C(F)(F)F)c1)C31CC1. The Kier molecular flexibility index (Phi) is 2.44. The molecule has 4 aliphatic rings. The van der Waals surface area contributed by atoms with E-state index in [0.717, 1.165) is 29.9 Å². The molecule has 2 amide bonds. The first kappa shape index (κ1) is 14.3. The van der Waals surface area contributed by atoms with E-state index >= 15 is 0 Å². The number of allylic oxidation sites excluding steroid dienone is 2. The van der Waals surface area contributed by atoms with Gasteiger partial charge in [0.15, 0.2) is 0 Å². The molecule has 24 heavy (non-hydrogen) atoms. The van der Waals surface area contributed by atoms with Crippen LogP contribution in [-0.4, -0.2) is 11.8 Å². The molecule has 3 fully saturated rings. The number of hydrogen-bond acceptors (Lipinski definition) is 2. The molecule has 1 saturated heterocycles. The fraction of sp³-hybridized carbons (Fsp3) is 0.444. The Labute approximate surface area is 136 Å². The molecule has 1 spiro atoms. The number of nitrogens with zero attached hydrogens (tertiary/aromatic N) is 1. The Morgan fingerprint density at radius 1 is 1.00 bits per heavy atom. The number of imide groups is 1. The number of carbonyl (C=O) groups excluding carboxylic acids is 2. The van der Waals surface area contributed by atoms with E-state index in [1.807, 2.05) is 12.2 Å². The summed E-state index contributed by atoms with van der Waals surface area (Å²) in [6, 6.07) is 4.47. The summed E-state index contributed by atoms with van der Waals surface area (Å²) in [6.45, 7) is 0. The lowest BCUT2D eigenvalue weighted by Gasteiger charge is -2.22. The molecule has 5 rings (SSSR count). The zero-order chi connectivity index (χ0) is 16.9. The molecule has 3 aliphatic carbocycles. The standard InChI is InChI=1S/C18H14F3NO2/c19-18(20,21)9-2-1-3-10(8-9)22-15(23)13-11-4-5-12(14(13)16(22)24)17(11)6-7-17/h1-5,8,11-14H,6-7H2/t11?,12?,13-,14+. The van der Waals surface area contributed by atoms with E-state index in [1.165, 1.54) is 12.1 Å². The number of anilines is 1. The lowest BCUT2D eigenvalue weighted by Crippen LogP contribution is -2.34. The Hall–Kier alpha value is -2.11. The lowest BCUT2D eigenvalue weighted by atomic mass is 9.85. The van der Waals surface area contributed by atoms with Crippen molar-refractivity contribution >= 4 is 17.5 Å². The van der Waals surface area contributed by atoms with Crippen LogP contribution in [0.15, 0.2) is 36.4 Å². The van der Waals surface area contributed by atoms with Crippen molar-refractivity contribution in [2.45, 2.75) is 19.0 Å². The molecule has 0 radical (unpaired) electrons. The number of rotatable bonds is 1. The second-order valence-corrected chi connectivity index (χ2v) is 7.28. The van der Waals surface area contributed by atoms with Gasteiger partial charge in [0.05, 0.1) is 23.1 Å². The molecule has 1 aromatic rings. The van der Waals surface area contributed by atoms with Crippen LogP contribution in [0.1, 0.15) is 18.4 Å². The van der Waals surface area contributed by atoms with Gasteiger partial charge in [0.1, 0.15) is 0 Å². The molecular weight excluding hydrogens is 319 g/mol. The van der Waals surface area contributed by atoms with Gasteiger partial charge in [-0.3, -0.25) is 14.5 Å². The molecule has 2 unspecified atom stereocenters. The first-order chi connectivity index (χ1) is 11.3. The predicted octanol–water partition coefficient (Wildman–Crippen LogP) is 3.41. The van der Waals surface area contributed by atoms with Crippen LogP contribution in [0.25, 0.3) is 0 Å². The molecule has 124 valence electrons. The molecule has 1 heterocycles. The molecule has 4 atom stereocenters. The Morgan fingerprint density at radius 2 is 1.58 bits per heavy atom. The summed E-state index contributed by atoms with van der Waals surface area (Å²) in [6.07, 6.45) is 1.65. The second kappa shape index (κ2) is 4.10. The highest BCUT2D eigenvalue weighted by atomic mass is 19.4. The van der Waals surface area contributed by atoms with Gasteiger partial charge < -0.3 is 0 Å². The molecule has 1 aliphatic heterocycles. The Bertz CT molecular complexity index is 775. The minimum Gasteiger partial charge on any atom is -0.274 e. The summed E-state index contributed by atoms with van der Waals surface area (Å²) in [5.41, 5.74) is -0.739. The van der Waals surface area contributed by atoms with Crippen molar-refractivity contribution in [3.05, 3.63) is 42.0 Å². The largest absolute Gasteiger partial charge is 0.416 e. The van der Waals surface area contributed by atoms with Gasteiger partial charge in [0, 0.05) is 0 Å². The molecular formula is C18H14F3NO2. The van der Waals surface area contributed by atoms with Crippen LogP contribution in [0.3, 0.4) is 0 Å². The van der Waals surface area contributed by atoms with E-state index in [9.17, 15) is 22.8 Å². The Balaban J connectivity index is 1.54. The van der Waals surface area contributed by atoms with Gasteiger partial charge >= 0.3 is 6.18 Å². The van der Waals surface area contributed by atoms with Gasteiger partial charge in [-0.2, -0.15) is 13.2 Å². The summed E-state index contributed by atoms with van der Waals surface area (Å²) < 4.78 is 38.8. The maximum atomic E-state index is 12.9. The fourth-order valence-electron chi connectivity index (χ4n) is 5.15. The van der Waals surface area contributed by atoms with Crippen LogP contribution in [0, 0.1) is 29.1 Å². The third kappa shape index (κ3) is 1.54. The number of amides is 2. The van der Waals surface area contributed by atoms with E-state index in [1.54, 1.807) is 0 Å². The van der Waals surface area contributed by atoms with Crippen molar-refractivity contribution < 1.29 is 22.8 Å². The molecule has 1 aromatic carbocycles. The van der Waals surface area contributed by atoms with E-state index in [0.29, 0.717) is 0 Å². The maximum Gasteiger partial charge on any atom is 0.416 e. The smallest absolute Gasteiger partial charge is 0.274 e. The lowest BCUT2D eigenvalue weighted by molar-refractivity contribution is -0.137. The van der Waals surface area contributed by atoms with Crippen molar-refractivity contribution in [2.75, 3.05) is 4.90 Å². The van der Waals surface area contributed by atoms with Crippen LogP contribution in [0.5, 0.6) is 0 Å². The van der Waals surface area contributed by atoms with Gasteiger partial charge in [-0.1, -0.05) is 18.2 Å². The van der Waals surface area contributed by atoms with E-state index in [4.69, 9.17) is 0 Å². The highest BCUT2D eigenvalue weighted by molar-refractivity contribution is 6.23. The third-order valence-electron chi connectivity index (χ3n) is 6.28. The first-order valence-electron chi connectivity index (χ1n) is 8.08. The molecule has 6 heteroatoms. The van der Waals surface area contributed by atoms with Crippen molar-refractivity contribution in [2.24, 2.45) is 29.1 Å². The zero-order valence-corrected chi connectivity index (χ0v) is 12.6. The number of carbonyl (C=O) groups is 2. The second-order valence-electron chi connectivity index (χ2n) is 7.28. The molecule has 2 bridgehead atoms. The molecule has 3 nitrogen and oxygen atoms in total. The average molecular weight is 333 g/mol. The van der Waals surface area contributed by atoms with Crippen molar-refractivity contribution in [1.29, 1.82) is 0 Å². The van der Waals surface area contributed by atoms with Crippen molar-refractivity contribution in [3.8, 4) is 0 Å². The van der Waals surface area contributed by atoms with Crippen LogP contribution >= 0.6 is 0 Å². The van der Waals surface area contributed by atoms with Crippen LogP contribution in [-0.2, 0) is 15.8 Å². The minimum absolute atomic E-state index is 0.0264. The Morgan fingerprint density at radius 3 is 2.08 bits per heavy atom. The van der Waals surface area contributed by atoms with Gasteiger partial charge in [-0.25, -0.2) is 0 Å². The summed E-state index contributed by atoms with van der Waals surface area (Å²) in [4.78, 5) is 26.7. The summed E-state index contributed by atoms with van der Waals surface area (Å²) >= 11 is 0. The summed E-state index contributed by atoms with van der Waals surface area (Å²) in [5.74, 6) is -1.34. The number of halogens is 3. The van der Waals surface area contributed by atoms with Gasteiger partial charge in [-0.05, 0) is 48.3 Å². The predicted molar refractivity (Wildman–Crippen MR) is 78.7 cm³/mol. The number of hydrogen-bond donors (Lipinski definition) is 0. The van der Waals surface area contributed by atoms with Gasteiger partial charge in [-0.15, -0.1) is 0 Å². The zero-order valence-electron chi connectivity index (χ0n) is 12.6. The van der Waals surface area contributed by atoms with Gasteiger partial charge in [0.25, 0.3) is 0 Å². The van der Waals surface area contributed by atoms with Crippen LogP contribution < -0.4 is 4.90 Å². The third-order valence-corrected chi connectivity index (χ3v) is 6.28. The summed E-state index contributed by atoms with van der Waals surface area (Å²) in [5, 5.41) is 0. The summed E-state index contributed by atoms with van der Waals surface area (Å²) in [7, 11) is 0. The highest BCUT2D eigenvalue weighted by Crippen LogP contribution is 2.73. The van der Waals surface area contributed by atoms with E-state index < -0.39 is 23.6 Å². The average Bonchev–Trinajstić information content (AvgIpc) is 3.12. The van der Waals surface area contributed by atoms with Crippen molar-refractivity contribution in [3.63, 3.8) is 0 Å². The highest BCUT2D eigenvalue weighted by Gasteiger charge is 2.73. The minimum atomic E-state index is -4.50.